The van der Waals surface area contributed by atoms with Crippen LogP contribution in [-0.2, 0) is 14.6 Å². The fourth-order valence-corrected chi connectivity index (χ4v) is 4.45. The second kappa shape index (κ2) is 6.70. The van der Waals surface area contributed by atoms with Crippen LogP contribution in [0.15, 0.2) is 29.2 Å². The van der Waals surface area contributed by atoms with Crippen molar-refractivity contribution in [2.45, 2.75) is 25.2 Å². The highest BCUT2D eigenvalue weighted by Gasteiger charge is 2.38. The Labute approximate surface area is 136 Å². The molecule has 1 saturated heterocycles. The lowest BCUT2D eigenvalue weighted by Gasteiger charge is -2.18. The van der Waals surface area contributed by atoms with Crippen LogP contribution in [-0.4, -0.2) is 49.1 Å². The molecular weight excluding hydrogens is 318 g/mol. The second-order valence-corrected chi connectivity index (χ2v) is 8.02. The molecule has 126 valence electrons. The fourth-order valence-electron chi connectivity index (χ4n) is 2.92. The molecule has 1 aliphatic heterocycles. The Kier molecular flexibility index (Phi) is 5.09. The van der Waals surface area contributed by atoms with Crippen LogP contribution in [0.5, 0.6) is 0 Å². The first-order valence-corrected chi connectivity index (χ1v) is 9.27. The number of rotatable bonds is 5. The molecule has 1 aromatic rings. The third-order valence-electron chi connectivity index (χ3n) is 4.14. The minimum Gasteiger partial charge on any atom is -0.481 e. The van der Waals surface area contributed by atoms with E-state index in [9.17, 15) is 23.1 Å². The van der Waals surface area contributed by atoms with E-state index in [0.717, 1.165) is 0 Å². The van der Waals surface area contributed by atoms with Crippen LogP contribution in [0, 0.1) is 11.8 Å². The molecule has 0 spiro atoms. The van der Waals surface area contributed by atoms with Gasteiger partial charge in [-0.3, -0.25) is 9.59 Å². The van der Waals surface area contributed by atoms with Gasteiger partial charge < -0.3 is 10.0 Å². The number of carboxylic acid groups (broad SMARTS) is 1. The number of likely N-dealkylation sites (tertiary alicyclic amines) is 1. The molecule has 1 N–H and O–H groups in total. The second-order valence-electron chi connectivity index (χ2n) is 5.95. The van der Waals surface area contributed by atoms with E-state index >= 15 is 0 Å². The van der Waals surface area contributed by atoms with Gasteiger partial charge >= 0.3 is 5.97 Å². The number of nitrogens with zero attached hydrogens (tertiary/aromatic N) is 1. The molecule has 1 aromatic carbocycles. The molecule has 0 bridgehead atoms. The molecule has 7 heteroatoms. The van der Waals surface area contributed by atoms with Gasteiger partial charge in [0.2, 0.25) is 0 Å². The standard InChI is InChI=1S/C16H21NO5S/c1-3-8-23(21,22)14-7-5-4-6-12(14)15(18)17-9-11(2)13(10-17)16(19)20/h4-7,11,13H,3,8-10H2,1-2H3,(H,19,20)/t11-,13-/m1/s1. The number of benzene rings is 1. The SMILES string of the molecule is CCCS(=O)(=O)c1ccccc1C(=O)N1C[C@@H](C)[C@H](C(=O)O)C1. The average Bonchev–Trinajstić information content (AvgIpc) is 2.88. The first-order chi connectivity index (χ1) is 10.8. The maximum Gasteiger partial charge on any atom is 0.308 e. The summed E-state index contributed by atoms with van der Waals surface area (Å²) in [6, 6.07) is 6.13. The van der Waals surface area contributed by atoms with E-state index in [4.69, 9.17) is 0 Å². The maximum atomic E-state index is 12.7. The normalized spacial score (nSPS) is 21.4. The fraction of sp³-hybridized carbons (Fsp3) is 0.500. The van der Waals surface area contributed by atoms with E-state index in [1.807, 2.05) is 0 Å². The van der Waals surface area contributed by atoms with Crippen molar-refractivity contribution in [3.8, 4) is 0 Å². The highest BCUT2D eigenvalue weighted by Crippen LogP contribution is 2.27. The van der Waals surface area contributed by atoms with Crippen LogP contribution in [0.2, 0.25) is 0 Å². The lowest BCUT2D eigenvalue weighted by molar-refractivity contribution is -0.142. The number of carbonyl (C=O) groups excluding carboxylic acids is 1. The number of carboxylic acids is 1. The van der Waals surface area contributed by atoms with Crippen LogP contribution < -0.4 is 0 Å². The summed E-state index contributed by atoms with van der Waals surface area (Å²) in [6.07, 6.45) is 0.465. The topological polar surface area (TPSA) is 91.8 Å². The predicted octanol–water partition coefficient (Wildman–Crippen LogP) is 1.66. The number of amides is 1. The zero-order chi connectivity index (χ0) is 17.2. The van der Waals surface area contributed by atoms with Gasteiger partial charge in [-0.25, -0.2) is 8.42 Å². The third-order valence-corrected chi connectivity index (χ3v) is 6.11. The molecule has 23 heavy (non-hydrogen) atoms. The van der Waals surface area contributed by atoms with Gasteiger partial charge in [0.25, 0.3) is 5.91 Å². The van der Waals surface area contributed by atoms with Crippen molar-refractivity contribution in [3.05, 3.63) is 29.8 Å². The smallest absolute Gasteiger partial charge is 0.308 e. The molecule has 0 saturated carbocycles. The van der Waals surface area contributed by atoms with E-state index in [1.54, 1.807) is 26.0 Å². The molecule has 1 aliphatic rings. The number of carbonyl (C=O) groups is 2. The Balaban J connectivity index is 2.33. The molecule has 0 aliphatic carbocycles. The van der Waals surface area contributed by atoms with E-state index in [1.165, 1.54) is 17.0 Å². The average molecular weight is 339 g/mol. The highest BCUT2D eigenvalue weighted by molar-refractivity contribution is 7.91. The molecule has 0 radical (unpaired) electrons. The van der Waals surface area contributed by atoms with Gasteiger partial charge in [0.1, 0.15) is 0 Å². The Morgan fingerprint density at radius 1 is 1.26 bits per heavy atom. The van der Waals surface area contributed by atoms with Gasteiger partial charge in [0, 0.05) is 13.1 Å². The van der Waals surface area contributed by atoms with E-state index < -0.39 is 27.6 Å². The zero-order valence-electron chi connectivity index (χ0n) is 13.2. The van der Waals surface area contributed by atoms with E-state index in [0.29, 0.717) is 13.0 Å². The van der Waals surface area contributed by atoms with Gasteiger partial charge in [-0.05, 0) is 24.5 Å². The summed E-state index contributed by atoms with van der Waals surface area (Å²) in [6.45, 7) is 3.98. The lowest BCUT2D eigenvalue weighted by Crippen LogP contribution is -2.31. The number of sulfone groups is 1. The Bertz CT molecular complexity index is 713. The number of hydrogen-bond acceptors (Lipinski definition) is 4. The Morgan fingerprint density at radius 2 is 1.91 bits per heavy atom. The van der Waals surface area contributed by atoms with Crippen molar-refractivity contribution in [1.82, 2.24) is 4.90 Å². The van der Waals surface area contributed by atoms with Crippen LogP contribution in [0.3, 0.4) is 0 Å². The van der Waals surface area contributed by atoms with Crippen molar-refractivity contribution < 1.29 is 23.1 Å². The quantitative estimate of drug-likeness (QED) is 0.881. The predicted molar refractivity (Wildman–Crippen MR) is 85.0 cm³/mol. The van der Waals surface area contributed by atoms with E-state index in [-0.39, 0.29) is 28.7 Å². The molecule has 1 fully saturated rings. The van der Waals surface area contributed by atoms with Gasteiger partial charge in [0.05, 0.1) is 22.1 Å². The van der Waals surface area contributed by atoms with Crippen molar-refractivity contribution in [2.75, 3.05) is 18.8 Å². The first kappa shape index (κ1) is 17.5. The molecule has 0 aromatic heterocycles. The molecule has 6 nitrogen and oxygen atoms in total. The first-order valence-electron chi connectivity index (χ1n) is 7.61. The maximum absolute atomic E-state index is 12.7. The van der Waals surface area contributed by atoms with Gasteiger partial charge in [-0.1, -0.05) is 26.0 Å². The largest absolute Gasteiger partial charge is 0.481 e. The summed E-state index contributed by atoms with van der Waals surface area (Å²) < 4.78 is 24.7. The zero-order valence-corrected chi connectivity index (χ0v) is 14.0. The van der Waals surface area contributed by atoms with Crippen molar-refractivity contribution in [1.29, 1.82) is 0 Å². The summed E-state index contributed by atoms with van der Waals surface area (Å²) >= 11 is 0. The van der Waals surface area contributed by atoms with Crippen molar-refractivity contribution in [2.24, 2.45) is 11.8 Å². The van der Waals surface area contributed by atoms with Gasteiger partial charge in [-0.2, -0.15) is 0 Å². The summed E-state index contributed by atoms with van der Waals surface area (Å²) in [7, 11) is -3.52. The van der Waals surface area contributed by atoms with Crippen LogP contribution in [0.4, 0.5) is 0 Å². The summed E-state index contributed by atoms with van der Waals surface area (Å²) in [5.41, 5.74) is 0.124. The summed E-state index contributed by atoms with van der Waals surface area (Å²) in [4.78, 5) is 25.4. The molecule has 2 rings (SSSR count). The summed E-state index contributed by atoms with van der Waals surface area (Å²) in [5.74, 6) is -2.14. The van der Waals surface area contributed by atoms with E-state index in [2.05, 4.69) is 0 Å². The van der Waals surface area contributed by atoms with Gasteiger partial charge in [0.15, 0.2) is 9.84 Å². The van der Waals surface area contributed by atoms with Crippen LogP contribution in [0.1, 0.15) is 30.6 Å². The van der Waals surface area contributed by atoms with Crippen molar-refractivity contribution in [3.63, 3.8) is 0 Å². The monoisotopic (exact) mass is 339 g/mol. The highest BCUT2D eigenvalue weighted by atomic mass is 32.2. The number of aliphatic carboxylic acids is 1. The van der Waals surface area contributed by atoms with Gasteiger partial charge in [-0.15, -0.1) is 0 Å². The Hall–Kier alpha value is -1.89. The van der Waals surface area contributed by atoms with Crippen molar-refractivity contribution >= 4 is 21.7 Å². The summed E-state index contributed by atoms with van der Waals surface area (Å²) in [5, 5.41) is 9.17. The van der Waals surface area contributed by atoms with Crippen LogP contribution >= 0.6 is 0 Å². The molecular formula is C16H21NO5S. The third kappa shape index (κ3) is 3.55. The minimum atomic E-state index is -3.52. The molecule has 1 amide bonds. The Morgan fingerprint density at radius 3 is 2.48 bits per heavy atom. The van der Waals surface area contributed by atoms with Crippen LogP contribution in [0.25, 0.3) is 0 Å². The molecule has 0 unspecified atom stereocenters. The number of hydrogen-bond donors (Lipinski definition) is 1. The lowest BCUT2D eigenvalue weighted by atomic mass is 9.99. The molecule has 2 atom stereocenters. The minimum absolute atomic E-state index is 0.0224. The molecule has 1 heterocycles.